The molecule has 0 aliphatic carbocycles. The monoisotopic (exact) mass is 154 g/mol. The Hall–Kier alpha value is -0.950. The van der Waals surface area contributed by atoms with Gasteiger partial charge in [-0.1, -0.05) is 0 Å². The summed E-state index contributed by atoms with van der Waals surface area (Å²) in [4.78, 5) is 0. The zero-order chi connectivity index (χ0) is 7.09. The number of hydrogen-bond acceptors (Lipinski definition) is 3. The van der Waals surface area contributed by atoms with Gasteiger partial charge in [-0.2, -0.15) is 0 Å². The number of aliphatic hydroxyl groups is 2. The highest BCUT2D eigenvalue weighted by Gasteiger charge is 2.68. The molecule has 0 saturated carbocycles. The minimum absolute atomic E-state index is 0.0890. The van der Waals surface area contributed by atoms with Crippen molar-refractivity contribution in [2.24, 2.45) is 0 Å². The molecule has 0 spiro atoms. The normalized spacial score (nSPS) is 39.4. The standard InChI is InChI=1S/C6H3O3P/c7-2-1-3-4(8)6-5(2)10(3,6)9/h1,7-8H. The SMILES string of the molecule is O=P12C3=C(O)C1=C2C(O)=C3. The molecule has 3 heterocycles. The smallest absolute Gasteiger partial charge is 0.183 e. The van der Waals surface area contributed by atoms with E-state index in [9.17, 15) is 4.57 Å². The van der Waals surface area contributed by atoms with E-state index in [-0.39, 0.29) is 11.5 Å². The largest absolute Gasteiger partial charge is 0.507 e. The zero-order valence-corrected chi connectivity index (χ0v) is 5.72. The number of allylic oxidation sites excluding steroid dienone is 4. The predicted octanol–water partition coefficient (Wildman–Crippen LogP) is 1.81. The molecule has 0 radical (unpaired) electrons. The van der Waals surface area contributed by atoms with Gasteiger partial charge in [0.1, 0.15) is 11.5 Å². The molecule has 0 aromatic rings. The van der Waals surface area contributed by atoms with E-state index in [0.29, 0.717) is 15.9 Å². The van der Waals surface area contributed by atoms with Gasteiger partial charge >= 0.3 is 0 Å². The van der Waals surface area contributed by atoms with Gasteiger partial charge < -0.3 is 14.8 Å². The lowest BCUT2D eigenvalue weighted by Gasteiger charge is -2.11. The Morgan fingerprint density at radius 3 is 2.30 bits per heavy atom. The van der Waals surface area contributed by atoms with Gasteiger partial charge in [-0.3, -0.25) is 0 Å². The minimum atomic E-state index is -2.36. The third kappa shape index (κ3) is 0.210. The molecule has 3 nitrogen and oxygen atoms in total. The van der Waals surface area contributed by atoms with E-state index >= 15 is 0 Å². The Balaban J connectivity index is 2.45. The Morgan fingerprint density at radius 2 is 2.00 bits per heavy atom. The van der Waals surface area contributed by atoms with Crippen molar-refractivity contribution < 1.29 is 14.8 Å². The van der Waals surface area contributed by atoms with Crippen LogP contribution in [0, 0.1) is 0 Å². The molecule has 0 bridgehead atoms. The number of aliphatic hydroxyl groups excluding tert-OH is 2. The fourth-order valence-electron chi connectivity index (χ4n) is 1.59. The molecule has 3 rings (SSSR count). The topological polar surface area (TPSA) is 57.5 Å². The maximum Gasteiger partial charge on any atom is 0.183 e. The summed E-state index contributed by atoms with van der Waals surface area (Å²) in [5.41, 5.74) is 0. The van der Waals surface area contributed by atoms with Gasteiger partial charge in [0.25, 0.3) is 0 Å². The Labute approximate surface area is 56.4 Å². The van der Waals surface area contributed by atoms with E-state index in [1.54, 1.807) is 0 Å². The van der Waals surface area contributed by atoms with Crippen molar-refractivity contribution in [2.45, 2.75) is 0 Å². The average Bonchev–Trinajstić information content (AvgIpc) is 2.39. The van der Waals surface area contributed by atoms with Crippen molar-refractivity contribution in [3.05, 3.63) is 33.5 Å². The highest BCUT2D eigenvalue weighted by molar-refractivity contribution is 7.86. The van der Waals surface area contributed by atoms with Gasteiger partial charge in [0.15, 0.2) is 7.14 Å². The molecule has 4 heteroatoms. The van der Waals surface area contributed by atoms with E-state index in [1.165, 1.54) is 6.08 Å². The highest BCUT2D eigenvalue weighted by Crippen LogP contribution is 2.95. The van der Waals surface area contributed by atoms with Gasteiger partial charge in [0.2, 0.25) is 0 Å². The number of rotatable bonds is 0. The predicted molar refractivity (Wildman–Crippen MR) is 35.0 cm³/mol. The fourth-order valence-corrected chi connectivity index (χ4v) is 4.38. The van der Waals surface area contributed by atoms with Crippen LogP contribution in [0.1, 0.15) is 0 Å². The third-order valence-electron chi connectivity index (χ3n) is 2.13. The Morgan fingerprint density at radius 1 is 1.30 bits per heavy atom. The molecule has 3 aliphatic rings. The van der Waals surface area contributed by atoms with Crippen molar-refractivity contribution in [2.75, 3.05) is 0 Å². The van der Waals surface area contributed by atoms with Crippen LogP contribution in [-0.4, -0.2) is 10.2 Å². The van der Waals surface area contributed by atoms with Crippen molar-refractivity contribution in [1.82, 2.24) is 0 Å². The summed E-state index contributed by atoms with van der Waals surface area (Å²) in [7, 11) is -2.36. The first-order valence-corrected chi connectivity index (χ1v) is 4.58. The lowest BCUT2D eigenvalue weighted by atomic mass is 10.2. The van der Waals surface area contributed by atoms with Crippen LogP contribution >= 0.6 is 7.14 Å². The van der Waals surface area contributed by atoms with Gasteiger partial charge in [-0.05, 0) is 6.08 Å². The van der Waals surface area contributed by atoms with Crippen molar-refractivity contribution >= 4 is 7.14 Å². The minimum Gasteiger partial charge on any atom is -0.507 e. The van der Waals surface area contributed by atoms with Crippen molar-refractivity contribution in [3.8, 4) is 0 Å². The van der Waals surface area contributed by atoms with E-state index in [2.05, 4.69) is 0 Å². The van der Waals surface area contributed by atoms with Gasteiger partial charge in [0.05, 0.1) is 15.9 Å². The molecule has 1 atom stereocenters. The first-order valence-electron chi connectivity index (χ1n) is 2.88. The summed E-state index contributed by atoms with van der Waals surface area (Å²) >= 11 is 0. The van der Waals surface area contributed by atoms with E-state index < -0.39 is 7.14 Å². The van der Waals surface area contributed by atoms with E-state index in [1.807, 2.05) is 0 Å². The molecular formula is C6H3O3P. The molecule has 10 heavy (non-hydrogen) atoms. The van der Waals surface area contributed by atoms with Crippen LogP contribution in [0.15, 0.2) is 33.5 Å². The van der Waals surface area contributed by atoms with E-state index in [0.717, 1.165) is 0 Å². The molecule has 3 aliphatic heterocycles. The highest BCUT2D eigenvalue weighted by atomic mass is 31.2. The second-order valence-electron chi connectivity index (χ2n) is 2.57. The molecule has 0 aromatic carbocycles. The van der Waals surface area contributed by atoms with Crippen LogP contribution < -0.4 is 0 Å². The van der Waals surface area contributed by atoms with Crippen LogP contribution in [0.2, 0.25) is 0 Å². The lowest BCUT2D eigenvalue weighted by molar-refractivity contribution is 0.412. The van der Waals surface area contributed by atoms with Crippen molar-refractivity contribution in [3.63, 3.8) is 0 Å². The molecule has 0 aromatic heterocycles. The Kier molecular flexibility index (Phi) is 0.434. The van der Waals surface area contributed by atoms with Crippen LogP contribution in [-0.2, 0) is 4.57 Å². The molecule has 2 N–H and O–H groups in total. The molecule has 0 fully saturated rings. The van der Waals surface area contributed by atoms with Gasteiger partial charge in [0, 0.05) is 0 Å². The second kappa shape index (κ2) is 0.903. The van der Waals surface area contributed by atoms with Crippen LogP contribution in [0.3, 0.4) is 0 Å². The van der Waals surface area contributed by atoms with Crippen LogP contribution in [0.25, 0.3) is 0 Å². The molecular weight excluding hydrogens is 151 g/mol. The molecule has 0 amide bonds. The molecule has 1 unspecified atom stereocenters. The second-order valence-corrected chi connectivity index (χ2v) is 5.16. The molecule has 0 saturated heterocycles. The summed E-state index contributed by atoms with van der Waals surface area (Å²) in [6.45, 7) is 0. The van der Waals surface area contributed by atoms with Crippen LogP contribution in [0.5, 0.6) is 0 Å². The first kappa shape index (κ1) is 4.80. The lowest BCUT2D eigenvalue weighted by Crippen LogP contribution is -1.93. The van der Waals surface area contributed by atoms with E-state index in [4.69, 9.17) is 10.2 Å². The average molecular weight is 154 g/mol. The Bertz CT molecular complexity index is 401. The maximum atomic E-state index is 11.4. The quantitative estimate of drug-likeness (QED) is 0.523. The molecule has 50 valence electrons. The summed E-state index contributed by atoms with van der Waals surface area (Å²) < 4.78 is 11.4. The van der Waals surface area contributed by atoms with Crippen molar-refractivity contribution in [1.29, 1.82) is 0 Å². The maximum absolute atomic E-state index is 11.4. The summed E-state index contributed by atoms with van der Waals surface area (Å²) in [5.74, 6) is 0.224. The summed E-state index contributed by atoms with van der Waals surface area (Å²) in [5, 5.41) is 19.5. The first-order chi connectivity index (χ1) is 4.67. The van der Waals surface area contributed by atoms with Gasteiger partial charge in [-0.25, -0.2) is 0 Å². The fraction of sp³-hybridized carbons (Fsp3) is 0. The van der Waals surface area contributed by atoms with Crippen LogP contribution in [0.4, 0.5) is 0 Å². The van der Waals surface area contributed by atoms with Gasteiger partial charge in [-0.15, -0.1) is 0 Å². The summed E-state index contributed by atoms with van der Waals surface area (Å²) in [6, 6.07) is 0. The summed E-state index contributed by atoms with van der Waals surface area (Å²) in [6.07, 6.45) is 1.39. The third-order valence-corrected chi connectivity index (χ3v) is 5.07. The number of hydrogen-bond donors (Lipinski definition) is 2. The zero-order valence-electron chi connectivity index (χ0n) is 4.83.